The Morgan fingerprint density at radius 2 is 1.90 bits per heavy atom. The molecule has 21 heavy (non-hydrogen) atoms. The molecule has 0 fully saturated rings. The number of pyridine rings is 1. The van der Waals surface area contributed by atoms with Crippen molar-refractivity contribution in [3.63, 3.8) is 0 Å². The van der Waals surface area contributed by atoms with Crippen molar-refractivity contribution in [2.75, 3.05) is 13.3 Å². The summed E-state index contributed by atoms with van der Waals surface area (Å²) < 4.78 is 20.6. The minimum atomic E-state index is -0.349. The predicted molar refractivity (Wildman–Crippen MR) is 89.4 cm³/mol. The molecule has 0 amide bonds. The number of nitrogens with zero attached hydrogens (tertiary/aromatic N) is 2. The second-order valence-corrected chi connectivity index (χ2v) is 5.90. The van der Waals surface area contributed by atoms with Gasteiger partial charge in [0.1, 0.15) is 11.4 Å². The Kier molecular flexibility index (Phi) is 4.38. The molecule has 0 saturated heterocycles. The number of fused-ring (bicyclic) bond motifs is 1. The summed E-state index contributed by atoms with van der Waals surface area (Å²) in [7, 11) is 0. The molecule has 0 aliphatic carbocycles. The van der Waals surface area contributed by atoms with Crippen LogP contribution in [0.5, 0.6) is 5.75 Å². The number of aromatic nitrogens is 2. The molecule has 0 aliphatic heterocycles. The lowest BCUT2D eigenvalue weighted by Crippen LogP contribution is -1.97. The second-order valence-electron chi connectivity index (χ2n) is 4.65. The van der Waals surface area contributed by atoms with Crippen LogP contribution < -0.4 is 4.74 Å². The lowest BCUT2D eigenvalue weighted by Gasteiger charge is -2.04. The van der Waals surface area contributed by atoms with Crippen molar-refractivity contribution in [3.05, 3.63) is 52.4 Å². The highest BCUT2D eigenvalue weighted by atomic mass is 123. The molecule has 2 heterocycles. The normalized spacial score (nSPS) is 11.0. The summed E-state index contributed by atoms with van der Waals surface area (Å²) in [4.78, 5) is 4.60. The van der Waals surface area contributed by atoms with E-state index in [-0.39, 0.29) is 6.67 Å². The van der Waals surface area contributed by atoms with E-state index in [0.717, 1.165) is 22.7 Å². The van der Waals surface area contributed by atoms with Crippen LogP contribution in [0.2, 0.25) is 0 Å². The van der Waals surface area contributed by atoms with Crippen molar-refractivity contribution in [1.82, 2.24) is 9.38 Å². The number of alkyl halides is 1. The highest BCUT2D eigenvalue weighted by Gasteiger charge is 2.05. The SMILES string of the molecule is FCCCOc1ccc(-c2cn3cc([123I])ccc3n2)cc1. The fourth-order valence-corrected chi connectivity index (χ4v) is 2.55. The van der Waals surface area contributed by atoms with Gasteiger partial charge in [-0.15, -0.1) is 0 Å². The van der Waals surface area contributed by atoms with E-state index in [0.29, 0.717) is 13.0 Å². The Morgan fingerprint density at radius 3 is 2.67 bits per heavy atom. The summed E-state index contributed by atoms with van der Waals surface area (Å²) >= 11 is 2.28. The number of halogens is 2. The van der Waals surface area contributed by atoms with Gasteiger partial charge in [-0.25, -0.2) is 4.98 Å². The third kappa shape index (κ3) is 3.34. The molecular weight excluding hydrogens is 378 g/mol. The van der Waals surface area contributed by atoms with Gasteiger partial charge >= 0.3 is 0 Å². The first-order chi connectivity index (χ1) is 10.3. The van der Waals surface area contributed by atoms with Crippen LogP contribution in [0.15, 0.2) is 48.8 Å². The van der Waals surface area contributed by atoms with Crippen molar-refractivity contribution < 1.29 is 9.13 Å². The first kappa shape index (κ1) is 14.3. The molecule has 3 rings (SSSR count). The maximum Gasteiger partial charge on any atom is 0.137 e. The second kappa shape index (κ2) is 6.43. The zero-order chi connectivity index (χ0) is 14.7. The Morgan fingerprint density at radius 1 is 1.10 bits per heavy atom. The van der Waals surface area contributed by atoms with E-state index in [4.69, 9.17) is 4.74 Å². The zero-order valence-corrected chi connectivity index (χ0v) is 13.5. The van der Waals surface area contributed by atoms with E-state index in [1.165, 1.54) is 3.57 Å². The standard InChI is InChI=1S/C16H14FIN2O/c17-8-1-9-21-14-5-2-12(3-6-14)15-11-20-10-13(18)4-7-16(20)19-15/h2-7,10-11H,1,8-9H2/i18-4. The van der Waals surface area contributed by atoms with Gasteiger partial charge in [0.25, 0.3) is 0 Å². The largest absolute Gasteiger partial charge is 0.493 e. The Labute approximate surface area is 135 Å². The quantitative estimate of drug-likeness (QED) is 0.477. The van der Waals surface area contributed by atoms with Crippen LogP contribution in [-0.2, 0) is 0 Å². The summed E-state index contributed by atoms with van der Waals surface area (Å²) in [6.45, 7) is 0.0563. The molecule has 0 atom stereocenters. The van der Waals surface area contributed by atoms with Crippen molar-refractivity contribution in [2.24, 2.45) is 0 Å². The van der Waals surface area contributed by atoms with Gasteiger partial charge in [0, 0.05) is 27.9 Å². The number of hydrogen-bond acceptors (Lipinski definition) is 2. The smallest absolute Gasteiger partial charge is 0.137 e. The molecule has 0 unspecified atom stereocenters. The first-order valence-corrected chi connectivity index (χ1v) is 7.77. The van der Waals surface area contributed by atoms with Gasteiger partial charge in [-0.1, -0.05) is 0 Å². The lowest BCUT2D eigenvalue weighted by atomic mass is 10.2. The van der Waals surface area contributed by atoms with Crippen molar-refractivity contribution >= 4 is 28.2 Å². The number of ether oxygens (including phenoxy) is 1. The summed E-state index contributed by atoms with van der Waals surface area (Å²) in [6, 6.07) is 11.8. The molecule has 108 valence electrons. The van der Waals surface area contributed by atoms with Gasteiger partial charge in [-0.2, -0.15) is 0 Å². The molecule has 0 saturated carbocycles. The molecule has 3 aromatic rings. The van der Waals surface area contributed by atoms with Gasteiger partial charge < -0.3 is 9.14 Å². The maximum absolute atomic E-state index is 12.0. The Hall–Kier alpha value is -1.63. The van der Waals surface area contributed by atoms with Crippen LogP contribution in [0.25, 0.3) is 16.9 Å². The molecule has 0 bridgehead atoms. The summed E-state index contributed by atoms with van der Waals surface area (Å²) in [5, 5.41) is 0. The maximum atomic E-state index is 12.0. The third-order valence-electron chi connectivity index (χ3n) is 3.11. The molecule has 0 aliphatic rings. The average Bonchev–Trinajstić information content (AvgIpc) is 2.91. The molecule has 1 aromatic carbocycles. The molecule has 0 N–H and O–H groups in total. The van der Waals surface area contributed by atoms with Gasteiger partial charge in [0.2, 0.25) is 0 Å². The van der Waals surface area contributed by atoms with E-state index in [9.17, 15) is 4.39 Å². The van der Waals surface area contributed by atoms with Gasteiger partial charge in [-0.05, 0) is 59.0 Å². The Bertz CT molecular complexity index is 740. The van der Waals surface area contributed by atoms with Crippen LogP contribution in [0.1, 0.15) is 6.42 Å². The predicted octanol–water partition coefficient (Wildman–Crippen LogP) is 4.34. The minimum absolute atomic E-state index is 0.349. The summed E-state index contributed by atoms with van der Waals surface area (Å²) in [5.74, 6) is 0.755. The van der Waals surface area contributed by atoms with Crippen LogP contribution in [0.4, 0.5) is 4.39 Å². The van der Waals surface area contributed by atoms with Crippen LogP contribution in [0, 0.1) is 3.57 Å². The minimum Gasteiger partial charge on any atom is -0.493 e. The molecule has 0 radical (unpaired) electrons. The number of imidazole rings is 1. The molecule has 5 heteroatoms. The highest BCUT2D eigenvalue weighted by molar-refractivity contribution is 14.1. The topological polar surface area (TPSA) is 26.5 Å². The lowest BCUT2D eigenvalue weighted by molar-refractivity contribution is 0.289. The fraction of sp³-hybridized carbons (Fsp3) is 0.188. The number of benzene rings is 1. The van der Waals surface area contributed by atoms with Crippen LogP contribution >= 0.6 is 22.6 Å². The third-order valence-corrected chi connectivity index (χ3v) is 3.75. The monoisotopic (exact) mass is 392 g/mol. The molecule has 3 nitrogen and oxygen atoms in total. The Balaban J connectivity index is 1.81. The van der Waals surface area contributed by atoms with E-state index >= 15 is 0 Å². The van der Waals surface area contributed by atoms with Gasteiger partial charge in [0.15, 0.2) is 0 Å². The van der Waals surface area contributed by atoms with E-state index < -0.39 is 0 Å². The van der Waals surface area contributed by atoms with E-state index in [2.05, 4.69) is 27.6 Å². The molecule has 0 spiro atoms. The molecular formula is C16H14FIN2O. The van der Waals surface area contributed by atoms with Crippen molar-refractivity contribution in [1.29, 1.82) is 0 Å². The van der Waals surface area contributed by atoms with Crippen molar-refractivity contribution in [3.8, 4) is 17.0 Å². The highest BCUT2D eigenvalue weighted by Crippen LogP contribution is 2.22. The van der Waals surface area contributed by atoms with Gasteiger partial charge in [0.05, 0.1) is 19.0 Å². The van der Waals surface area contributed by atoms with Crippen LogP contribution in [0.3, 0.4) is 0 Å². The summed E-state index contributed by atoms with van der Waals surface area (Å²) in [5.41, 5.74) is 2.88. The average molecular weight is 392 g/mol. The number of rotatable bonds is 5. The van der Waals surface area contributed by atoms with Crippen LogP contribution in [-0.4, -0.2) is 22.7 Å². The van der Waals surface area contributed by atoms with Crippen molar-refractivity contribution in [2.45, 2.75) is 6.42 Å². The van der Waals surface area contributed by atoms with E-state index in [1.807, 2.05) is 53.2 Å². The zero-order valence-electron chi connectivity index (χ0n) is 11.3. The van der Waals surface area contributed by atoms with E-state index in [1.54, 1.807) is 0 Å². The van der Waals surface area contributed by atoms with Gasteiger partial charge in [-0.3, -0.25) is 4.39 Å². The summed E-state index contributed by atoms with van der Waals surface area (Å²) in [6.07, 6.45) is 4.48. The first-order valence-electron chi connectivity index (χ1n) is 6.70. The number of hydrogen-bond donors (Lipinski definition) is 0. The fourth-order valence-electron chi connectivity index (χ4n) is 2.07. The molecule has 2 aromatic heterocycles.